The van der Waals surface area contributed by atoms with Gasteiger partial charge in [-0.05, 0) is 18.2 Å². The first-order valence-electron chi connectivity index (χ1n) is 8.60. The molecule has 3 rings (SSSR count). The molecule has 4 nitrogen and oxygen atoms in total. The molecule has 0 saturated carbocycles. The molecule has 2 aromatic rings. The molecule has 1 saturated heterocycles. The van der Waals surface area contributed by atoms with Crippen LogP contribution in [0, 0.1) is 0 Å². The maximum Gasteiger partial charge on any atom is 0.224 e. The summed E-state index contributed by atoms with van der Waals surface area (Å²) in [4.78, 5) is 16.0. The first-order valence-corrected chi connectivity index (χ1v) is 9.59. The van der Waals surface area contributed by atoms with Crippen molar-refractivity contribution in [1.82, 2.24) is 10.2 Å². The van der Waals surface area contributed by atoms with E-state index in [1.807, 2.05) is 41.3 Å². The molecule has 0 radical (unpaired) electrons. The molecule has 1 fully saturated rings. The van der Waals surface area contributed by atoms with Crippen molar-refractivity contribution >= 4 is 17.7 Å². The van der Waals surface area contributed by atoms with E-state index in [1.54, 1.807) is 18.9 Å². The molecule has 1 heterocycles. The van der Waals surface area contributed by atoms with Gasteiger partial charge in [0.1, 0.15) is 5.75 Å². The lowest BCUT2D eigenvalue weighted by atomic mass is 10.0. The molecule has 1 aliphatic heterocycles. The summed E-state index contributed by atoms with van der Waals surface area (Å²) in [5, 5.41) is 3.40. The molecule has 1 atom stereocenters. The Hall–Kier alpha value is -1.98. The van der Waals surface area contributed by atoms with Crippen LogP contribution in [0.25, 0.3) is 0 Å². The van der Waals surface area contributed by atoms with E-state index in [2.05, 4.69) is 23.5 Å². The smallest absolute Gasteiger partial charge is 0.224 e. The number of hydrogen-bond acceptors (Lipinski definition) is 4. The average molecular weight is 356 g/mol. The van der Waals surface area contributed by atoms with Crippen molar-refractivity contribution in [3.63, 3.8) is 0 Å². The second kappa shape index (κ2) is 8.92. The zero-order valence-electron chi connectivity index (χ0n) is 14.5. The van der Waals surface area contributed by atoms with Crippen LogP contribution in [-0.2, 0) is 4.79 Å². The number of rotatable bonds is 6. The standard InChI is InChI=1S/C20H24N2O2S/c1-24-19-10-6-5-9-17(19)18-15-21-12-13-22(18)20(23)11-14-25-16-7-3-2-4-8-16/h2-10,18,21H,11-15H2,1H3. The fraction of sp³-hybridized carbons (Fsp3) is 0.350. The number of methoxy groups -OCH3 is 1. The number of nitrogens with one attached hydrogen (secondary N) is 1. The number of amides is 1. The molecular weight excluding hydrogens is 332 g/mol. The van der Waals surface area contributed by atoms with Gasteiger partial charge >= 0.3 is 0 Å². The third kappa shape index (κ3) is 4.55. The summed E-state index contributed by atoms with van der Waals surface area (Å²) in [5.41, 5.74) is 1.07. The number of benzene rings is 2. The molecule has 0 aromatic heterocycles. The summed E-state index contributed by atoms with van der Waals surface area (Å²) >= 11 is 1.73. The number of thioether (sulfide) groups is 1. The van der Waals surface area contributed by atoms with Crippen LogP contribution in [0.4, 0.5) is 0 Å². The Morgan fingerprint density at radius 3 is 2.76 bits per heavy atom. The second-order valence-electron chi connectivity index (χ2n) is 5.96. The van der Waals surface area contributed by atoms with Crippen molar-refractivity contribution < 1.29 is 9.53 Å². The Bertz CT molecular complexity index is 693. The molecule has 25 heavy (non-hydrogen) atoms. The zero-order valence-corrected chi connectivity index (χ0v) is 15.3. The van der Waals surface area contributed by atoms with E-state index in [9.17, 15) is 4.79 Å². The van der Waals surface area contributed by atoms with Gasteiger partial charge in [-0.25, -0.2) is 0 Å². The summed E-state index contributed by atoms with van der Waals surface area (Å²) in [6.07, 6.45) is 0.547. The Labute approximate surface area is 153 Å². The molecule has 1 N–H and O–H groups in total. The van der Waals surface area contributed by atoms with Crippen LogP contribution in [-0.4, -0.2) is 43.3 Å². The van der Waals surface area contributed by atoms with E-state index in [4.69, 9.17) is 4.74 Å². The van der Waals surface area contributed by atoms with Crippen LogP contribution in [0.1, 0.15) is 18.0 Å². The lowest BCUT2D eigenvalue weighted by Gasteiger charge is -2.37. The van der Waals surface area contributed by atoms with E-state index in [0.717, 1.165) is 36.7 Å². The molecule has 5 heteroatoms. The van der Waals surface area contributed by atoms with Gasteiger partial charge in [-0.2, -0.15) is 0 Å². The average Bonchev–Trinajstić information content (AvgIpc) is 2.68. The fourth-order valence-corrected chi connectivity index (χ4v) is 4.00. The highest BCUT2D eigenvalue weighted by Crippen LogP contribution is 2.31. The summed E-state index contributed by atoms with van der Waals surface area (Å²) in [7, 11) is 1.68. The second-order valence-corrected chi connectivity index (χ2v) is 7.13. The van der Waals surface area contributed by atoms with Crippen LogP contribution in [0.5, 0.6) is 5.75 Å². The molecule has 1 aliphatic rings. The summed E-state index contributed by atoms with van der Waals surface area (Å²) < 4.78 is 5.50. The van der Waals surface area contributed by atoms with Gasteiger partial charge in [-0.3, -0.25) is 4.79 Å². The van der Waals surface area contributed by atoms with E-state index in [0.29, 0.717) is 6.42 Å². The minimum atomic E-state index is 0.0270. The van der Waals surface area contributed by atoms with Gasteiger partial charge in [0.2, 0.25) is 5.91 Å². The number of hydrogen-bond donors (Lipinski definition) is 1. The minimum Gasteiger partial charge on any atom is -0.496 e. The van der Waals surface area contributed by atoms with Gasteiger partial charge < -0.3 is 15.0 Å². The maximum absolute atomic E-state index is 12.8. The van der Waals surface area contributed by atoms with Gasteiger partial charge in [-0.1, -0.05) is 36.4 Å². The number of para-hydroxylation sites is 1. The Kier molecular flexibility index (Phi) is 6.36. The van der Waals surface area contributed by atoms with E-state index >= 15 is 0 Å². The zero-order chi connectivity index (χ0) is 17.5. The number of carbonyl (C=O) groups is 1. The normalized spacial score (nSPS) is 17.3. The molecule has 0 aliphatic carbocycles. The van der Waals surface area contributed by atoms with Crippen molar-refractivity contribution in [2.45, 2.75) is 17.4 Å². The van der Waals surface area contributed by atoms with Crippen LogP contribution in [0.15, 0.2) is 59.5 Å². The topological polar surface area (TPSA) is 41.6 Å². The van der Waals surface area contributed by atoms with Crippen LogP contribution in [0.2, 0.25) is 0 Å². The number of ether oxygens (including phenoxy) is 1. The Morgan fingerprint density at radius 2 is 1.96 bits per heavy atom. The van der Waals surface area contributed by atoms with Crippen molar-refractivity contribution in [2.75, 3.05) is 32.5 Å². The lowest BCUT2D eigenvalue weighted by Crippen LogP contribution is -2.48. The number of carbonyl (C=O) groups excluding carboxylic acids is 1. The molecule has 1 unspecified atom stereocenters. The van der Waals surface area contributed by atoms with E-state index in [-0.39, 0.29) is 11.9 Å². The largest absolute Gasteiger partial charge is 0.496 e. The first-order chi connectivity index (χ1) is 12.3. The van der Waals surface area contributed by atoms with E-state index < -0.39 is 0 Å². The number of nitrogens with zero attached hydrogens (tertiary/aromatic N) is 1. The maximum atomic E-state index is 12.8. The molecule has 132 valence electrons. The fourth-order valence-electron chi connectivity index (χ4n) is 3.14. The highest BCUT2D eigenvalue weighted by molar-refractivity contribution is 7.99. The summed E-state index contributed by atoms with van der Waals surface area (Å²) in [6.45, 7) is 2.33. The first kappa shape index (κ1) is 17.8. The summed E-state index contributed by atoms with van der Waals surface area (Å²) in [6, 6.07) is 18.2. The van der Waals surface area contributed by atoms with Crippen molar-refractivity contribution in [2.24, 2.45) is 0 Å². The minimum absolute atomic E-state index is 0.0270. The highest BCUT2D eigenvalue weighted by Gasteiger charge is 2.29. The molecule has 1 amide bonds. The van der Waals surface area contributed by atoms with Gasteiger partial charge in [0.05, 0.1) is 13.2 Å². The van der Waals surface area contributed by atoms with Crippen molar-refractivity contribution in [1.29, 1.82) is 0 Å². The van der Waals surface area contributed by atoms with Crippen LogP contribution in [0.3, 0.4) is 0 Å². The predicted molar refractivity (Wildman–Crippen MR) is 102 cm³/mol. The van der Waals surface area contributed by atoms with Gasteiger partial charge in [0.25, 0.3) is 0 Å². The molecule has 0 bridgehead atoms. The number of piperazine rings is 1. The van der Waals surface area contributed by atoms with E-state index in [1.165, 1.54) is 4.90 Å². The molecular formula is C20H24N2O2S. The molecule has 0 spiro atoms. The highest BCUT2D eigenvalue weighted by atomic mass is 32.2. The monoisotopic (exact) mass is 356 g/mol. The van der Waals surface area contributed by atoms with Gasteiger partial charge in [0.15, 0.2) is 0 Å². The molecule has 2 aromatic carbocycles. The van der Waals surface area contributed by atoms with Gasteiger partial charge in [-0.15, -0.1) is 11.8 Å². The third-order valence-electron chi connectivity index (χ3n) is 4.39. The predicted octanol–water partition coefficient (Wildman–Crippen LogP) is 3.35. The van der Waals surface area contributed by atoms with Crippen LogP contribution >= 0.6 is 11.8 Å². The Morgan fingerprint density at radius 1 is 1.20 bits per heavy atom. The third-order valence-corrected chi connectivity index (χ3v) is 5.40. The van der Waals surface area contributed by atoms with Crippen LogP contribution < -0.4 is 10.1 Å². The lowest BCUT2D eigenvalue weighted by molar-refractivity contribution is -0.134. The Balaban J connectivity index is 1.65. The van der Waals surface area contributed by atoms with Crippen molar-refractivity contribution in [3.05, 3.63) is 60.2 Å². The van der Waals surface area contributed by atoms with Gasteiger partial charge in [0, 0.05) is 42.3 Å². The quantitative estimate of drug-likeness (QED) is 0.806. The van der Waals surface area contributed by atoms with Crippen molar-refractivity contribution in [3.8, 4) is 5.75 Å². The SMILES string of the molecule is COc1ccccc1C1CNCCN1C(=O)CCSc1ccccc1. The summed E-state index contributed by atoms with van der Waals surface area (Å²) in [5.74, 6) is 1.85.